The summed E-state index contributed by atoms with van der Waals surface area (Å²) in [5.41, 5.74) is 0.742. The van der Waals surface area contributed by atoms with Gasteiger partial charge < -0.3 is 10.1 Å². The summed E-state index contributed by atoms with van der Waals surface area (Å²) in [6.45, 7) is 1.57. The van der Waals surface area contributed by atoms with E-state index in [9.17, 15) is 0 Å². The van der Waals surface area contributed by atoms with Crippen LogP contribution in [-0.2, 0) is 4.74 Å². The van der Waals surface area contributed by atoms with E-state index >= 15 is 0 Å². The Bertz CT molecular complexity index is 427. The van der Waals surface area contributed by atoms with E-state index < -0.39 is 0 Å². The molecule has 2 aromatic heterocycles. The molecule has 0 amide bonds. The van der Waals surface area contributed by atoms with Gasteiger partial charge in [-0.15, -0.1) is 0 Å². The minimum absolute atomic E-state index is 0.742. The Morgan fingerprint density at radius 3 is 3.27 bits per heavy atom. The third-order valence-electron chi connectivity index (χ3n) is 2.02. The van der Waals surface area contributed by atoms with Crippen molar-refractivity contribution in [1.29, 1.82) is 0 Å². The predicted octanol–water partition coefficient (Wildman–Crippen LogP) is 0.573. The highest BCUT2D eigenvalue weighted by molar-refractivity contribution is 5.44. The number of fused-ring (bicyclic) bond motifs is 1. The van der Waals surface area contributed by atoms with Crippen LogP contribution in [0.3, 0.4) is 0 Å². The number of hydrogen-bond acceptors (Lipinski definition) is 5. The Kier molecular flexibility index (Phi) is 3.08. The third-order valence-corrected chi connectivity index (χ3v) is 2.02. The Labute approximate surface area is 87.3 Å². The first kappa shape index (κ1) is 9.85. The fourth-order valence-electron chi connectivity index (χ4n) is 1.31. The molecule has 0 fully saturated rings. The molecule has 2 aromatic rings. The van der Waals surface area contributed by atoms with Crippen LogP contribution in [0.1, 0.15) is 6.42 Å². The van der Waals surface area contributed by atoms with Gasteiger partial charge in [0.1, 0.15) is 12.1 Å². The molecular weight excluding hydrogens is 194 g/mol. The highest BCUT2D eigenvalue weighted by atomic mass is 16.5. The predicted molar refractivity (Wildman–Crippen MR) is 55.8 cm³/mol. The quantitative estimate of drug-likeness (QED) is 0.726. The molecule has 0 unspecified atom stereocenters. The SMILES string of the molecule is COCCCNc1cncc2ncnn12. The maximum absolute atomic E-state index is 4.96. The molecule has 80 valence electrons. The zero-order valence-corrected chi connectivity index (χ0v) is 8.55. The van der Waals surface area contributed by atoms with Crippen LogP contribution in [0.4, 0.5) is 5.82 Å². The van der Waals surface area contributed by atoms with Gasteiger partial charge in [-0.2, -0.15) is 9.61 Å². The Morgan fingerprint density at radius 1 is 1.47 bits per heavy atom. The molecule has 0 atom stereocenters. The molecule has 1 N–H and O–H groups in total. The van der Waals surface area contributed by atoms with Gasteiger partial charge in [0.05, 0.1) is 12.4 Å². The standard InChI is InChI=1S/C9H13N5O/c1-15-4-2-3-11-8-5-10-6-9-12-7-13-14(8)9/h5-7,11H,2-4H2,1H3. The Hall–Kier alpha value is -1.69. The van der Waals surface area contributed by atoms with E-state index in [0.29, 0.717) is 0 Å². The zero-order chi connectivity index (χ0) is 10.5. The fraction of sp³-hybridized carbons (Fsp3) is 0.444. The Morgan fingerprint density at radius 2 is 2.40 bits per heavy atom. The second-order valence-corrected chi connectivity index (χ2v) is 3.10. The van der Waals surface area contributed by atoms with Crippen molar-refractivity contribution in [3.05, 3.63) is 18.7 Å². The zero-order valence-electron chi connectivity index (χ0n) is 8.55. The smallest absolute Gasteiger partial charge is 0.175 e. The van der Waals surface area contributed by atoms with Crippen molar-refractivity contribution in [2.24, 2.45) is 0 Å². The first-order valence-corrected chi connectivity index (χ1v) is 4.78. The molecule has 15 heavy (non-hydrogen) atoms. The van der Waals surface area contributed by atoms with E-state index in [1.165, 1.54) is 6.33 Å². The molecule has 0 aliphatic rings. The highest BCUT2D eigenvalue weighted by Crippen LogP contribution is 2.06. The monoisotopic (exact) mass is 207 g/mol. The van der Waals surface area contributed by atoms with Crippen LogP contribution in [0.25, 0.3) is 5.65 Å². The molecular formula is C9H13N5O. The first-order valence-electron chi connectivity index (χ1n) is 4.78. The lowest BCUT2D eigenvalue weighted by Crippen LogP contribution is -2.08. The molecule has 0 spiro atoms. The van der Waals surface area contributed by atoms with Crippen LogP contribution in [0, 0.1) is 0 Å². The van der Waals surface area contributed by atoms with Gasteiger partial charge >= 0.3 is 0 Å². The molecule has 0 aliphatic carbocycles. The number of anilines is 1. The lowest BCUT2D eigenvalue weighted by Gasteiger charge is -2.06. The molecule has 6 nitrogen and oxygen atoms in total. The van der Waals surface area contributed by atoms with E-state index in [0.717, 1.165) is 31.0 Å². The van der Waals surface area contributed by atoms with E-state index in [2.05, 4.69) is 20.4 Å². The third kappa shape index (κ3) is 2.21. The normalized spacial score (nSPS) is 10.7. The largest absolute Gasteiger partial charge is 0.385 e. The van der Waals surface area contributed by atoms with Crippen molar-refractivity contribution in [3.8, 4) is 0 Å². The van der Waals surface area contributed by atoms with Crippen molar-refractivity contribution in [2.75, 3.05) is 25.6 Å². The second-order valence-electron chi connectivity index (χ2n) is 3.10. The molecule has 0 radical (unpaired) electrons. The van der Waals surface area contributed by atoms with Crippen molar-refractivity contribution >= 4 is 11.5 Å². The summed E-state index contributed by atoms with van der Waals surface area (Å²) in [6, 6.07) is 0. The van der Waals surface area contributed by atoms with Gasteiger partial charge in [-0.3, -0.25) is 4.98 Å². The highest BCUT2D eigenvalue weighted by Gasteiger charge is 2.00. The average molecular weight is 207 g/mol. The van der Waals surface area contributed by atoms with Crippen molar-refractivity contribution in [3.63, 3.8) is 0 Å². The van der Waals surface area contributed by atoms with Crippen LogP contribution >= 0.6 is 0 Å². The summed E-state index contributed by atoms with van der Waals surface area (Å²) in [7, 11) is 1.69. The molecule has 2 heterocycles. The van der Waals surface area contributed by atoms with Crippen molar-refractivity contribution < 1.29 is 4.74 Å². The summed E-state index contributed by atoms with van der Waals surface area (Å²) < 4.78 is 6.68. The van der Waals surface area contributed by atoms with Crippen LogP contribution in [0.15, 0.2) is 18.7 Å². The molecule has 0 bridgehead atoms. The van der Waals surface area contributed by atoms with Gasteiger partial charge in [-0.1, -0.05) is 0 Å². The molecule has 2 rings (SSSR count). The average Bonchev–Trinajstić information content (AvgIpc) is 2.73. The minimum atomic E-state index is 0.742. The van der Waals surface area contributed by atoms with Crippen LogP contribution in [0.2, 0.25) is 0 Å². The molecule has 0 aliphatic heterocycles. The summed E-state index contributed by atoms with van der Waals surface area (Å²) >= 11 is 0. The lowest BCUT2D eigenvalue weighted by molar-refractivity contribution is 0.197. The van der Waals surface area contributed by atoms with Crippen molar-refractivity contribution in [2.45, 2.75) is 6.42 Å². The fourth-order valence-corrected chi connectivity index (χ4v) is 1.31. The lowest BCUT2D eigenvalue weighted by atomic mass is 10.4. The van der Waals surface area contributed by atoms with E-state index in [1.54, 1.807) is 24.0 Å². The molecule has 6 heteroatoms. The van der Waals surface area contributed by atoms with Gasteiger partial charge in [-0.25, -0.2) is 4.98 Å². The molecule has 0 saturated heterocycles. The maximum Gasteiger partial charge on any atom is 0.175 e. The topological polar surface area (TPSA) is 64.3 Å². The van der Waals surface area contributed by atoms with Crippen LogP contribution < -0.4 is 5.32 Å². The number of rotatable bonds is 5. The number of aromatic nitrogens is 4. The first-order chi connectivity index (χ1) is 7.42. The number of methoxy groups -OCH3 is 1. The number of nitrogens with zero attached hydrogens (tertiary/aromatic N) is 4. The van der Waals surface area contributed by atoms with Crippen molar-refractivity contribution in [1.82, 2.24) is 19.6 Å². The maximum atomic E-state index is 4.96. The summed E-state index contributed by atoms with van der Waals surface area (Å²) in [5.74, 6) is 0.848. The van der Waals surface area contributed by atoms with Gasteiger partial charge in [-0.05, 0) is 6.42 Å². The van der Waals surface area contributed by atoms with Gasteiger partial charge in [0, 0.05) is 20.3 Å². The molecule has 0 aromatic carbocycles. The van der Waals surface area contributed by atoms with Crippen LogP contribution in [-0.4, -0.2) is 39.8 Å². The number of hydrogen-bond donors (Lipinski definition) is 1. The van der Waals surface area contributed by atoms with E-state index in [4.69, 9.17) is 4.74 Å². The van der Waals surface area contributed by atoms with E-state index in [1.807, 2.05) is 0 Å². The van der Waals surface area contributed by atoms with Crippen LogP contribution in [0.5, 0.6) is 0 Å². The second kappa shape index (κ2) is 4.70. The number of nitrogens with one attached hydrogen (secondary N) is 1. The minimum Gasteiger partial charge on any atom is -0.385 e. The van der Waals surface area contributed by atoms with Gasteiger partial charge in [0.15, 0.2) is 5.65 Å². The van der Waals surface area contributed by atoms with E-state index in [-0.39, 0.29) is 0 Å². The summed E-state index contributed by atoms with van der Waals surface area (Å²) in [6.07, 6.45) is 5.86. The molecule has 0 saturated carbocycles. The van der Waals surface area contributed by atoms with Gasteiger partial charge in [0.2, 0.25) is 0 Å². The summed E-state index contributed by atoms with van der Waals surface area (Å²) in [5, 5.41) is 7.32. The Balaban J connectivity index is 2.04. The summed E-state index contributed by atoms with van der Waals surface area (Å²) in [4.78, 5) is 8.12. The van der Waals surface area contributed by atoms with Gasteiger partial charge in [0.25, 0.3) is 0 Å². The number of ether oxygens (including phenoxy) is 1.